The summed E-state index contributed by atoms with van der Waals surface area (Å²) in [5.41, 5.74) is 0.526. The van der Waals surface area contributed by atoms with Gasteiger partial charge in [-0.15, -0.1) is 0 Å². The van der Waals surface area contributed by atoms with Crippen molar-refractivity contribution in [3.05, 3.63) is 47.9 Å². The lowest BCUT2D eigenvalue weighted by molar-refractivity contribution is 0.0595. The first-order valence-corrected chi connectivity index (χ1v) is 5.15. The second kappa shape index (κ2) is 4.83. The molecule has 4 nitrogen and oxygen atoms in total. The molecule has 0 unspecified atom stereocenters. The van der Waals surface area contributed by atoms with Gasteiger partial charge >= 0.3 is 5.97 Å². The molecule has 1 N–H and O–H groups in total. The van der Waals surface area contributed by atoms with Crippen LogP contribution in [0.4, 0.5) is 4.39 Å². The minimum absolute atomic E-state index is 0.0417. The molecule has 5 heteroatoms. The molecular weight excluding hydrogens is 237 g/mol. The summed E-state index contributed by atoms with van der Waals surface area (Å²) in [6.07, 6.45) is 1.50. The number of methoxy groups -OCH3 is 1. The summed E-state index contributed by atoms with van der Waals surface area (Å²) in [5.74, 6) is -1.49. The monoisotopic (exact) mass is 247 g/mol. The van der Waals surface area contributed by atoms with E-state index in [1.165, 1.54) is 31.5 Å². The molecular formula is C13H10FNO3. The van der Waals surface area contributed by atoms with E-state index in [0.717, 1.165) is 6.07 Å². The number of carbonyl (C=O) groups is 1. The van der Waals surface area contributed by atoms with E-state index in [1.807, 2.05) is 0 Å². The predicted molar refractivity (Wildman–Crippen MR) is 62.6 cm³/mol. The highest BCUT2D eigenvalue weighted by molar-refractivity contribution is 5.91. The van der Waals surface area contributed by atoms with E-state index >= 15 is 0 Å². The Morgan fingerprint density at radius 3 is 2.83 bits per heavy atom. The standard InChI is InChI=1S/C13H10FNO3/c1-18-13(17)9-7-8(4-5-10(9)14)12-11(16)3-2-6-15-12/h2-7,16H,1H3. The highest BCUT2D eigenvalue weighted by Gasteiger charge is 2.15. The lowest BCUT2D eigenvalue weighted by atomic mass is 10.1. The fourth-order valence-corrected chi connectivity index (χ4v) is 1.56. The summed E-state index contributed by atoms with van der Waals surface area (Å²) in [6, 6.07) is 6.90. The molecule has 0 saturated carbocycles. The van der Waals surface area contributed by atoms with Crippen molar-refractivity contribution in [2.75, 3.05) is 7.11 Å². The molecule has 0 radical (unpaired) electrons. The van der Waals surface area contributed by atoms with Crippen molar-refractivity contribution < 1.29 is 19.0 Å². The molecule has 1 aromatic heterocycles. The summed E-state index contributed by atoms with van der Waals surface area (Å²) >= 11 is 0. The number of esters is 1. The zero-order valence-electron chi connectivity index (χ0n) is 9.55. The van der Waals surface area contributed by atoms with Crippen LogP contribution in [0.5, 0.6) is 5.75 Å². The maximum Gasteiger partial charge on any atom is 0.340 e. The Hall–Kier alpha value is -2.43. The number of halogens is 1. The van der Waals surface area contributed by atoms with Gasteiger partial charge in [0.2, 0.25) is 0 Å². The van der Waals surface area contributed by atoms with E-state index in [-0.39, 0.29) is 17.0 Å². The predicted octanol–water partition coefficient (Wildman–Crippen LogP) is 2.38. The Morgan fingerprint density at radius 1 is 1.39 bits per heavy atom. The molecule has 0 bridgehead atoms. The van der Waals surface area contributed by atoms with Crippen molar-refractivity contribution in [1.82, 2.24) is 4.98 Å². The average Bonchev–Trinajstić information content (AvgIpc) is 2.39. The normalized spacial score (nSPS) is 10.1. The number of pyridine rings is 1. The Morgan fingerprint density at radius 2 is 2.17 bits per heavy atom. The first-order valence-electron chi connectivity index (χ1n) is 5.15. The number of benzene rings is 1. The molecule has 18 heavy (non-hydrogen) atoms. The van der Waals surface area contributed by atoms with E-state index in [2.05, 4.69) is 9.72 Å². The van der Waals surface area contributed by atoms with Gasteiger partial charge in [-0.3, -0.25) is 4.98 Å². The summed E-state index contributed by atoms with van der Waals surface area (Å²) in [7, 11) is 1.17. The van der Waals surface area contributed by atoms with E-state index in [9.17, 15) is 14.3 Å². The van der Waals surface area contributed by atoms with Crippen molar-refractivity contribution in [3.63, 3.8) is 0 Å². The Labute approximate surface area is 103 Å². The van der Waals surface area contributed by atoms with Gasteiger partial charge in [0.05, 0.1) is 12.7 Å². The van der Waals surface area contributed by atoms with Crippen molar-refractivity contribution in [1.29, 1.82) is 0 Å². The SMILES string of the molecule is COC(=O)c1cc(-c2ncccc2O)ccc1F. The van der Waals surface area contributed by atoms with Gasteiger partial charge in [-0.2, -0.15) is 0 Å². The quantitative estimate of drug-likeness (QED) is 0.828. The molecule has 0 aliphatic rings. The lowest BCUT2D eigenvalue weighted by Crippen LogP contribution is -2.04. The van der Waals surface area contributed by atoms with Gasteiger partial charge in [-0.25, -0.2) is 9.18 Å². The maximum absolute atomic E-state index is 13.4. The van der Waals surface area contributed by atoms with Gasteiger partial charge in [-0.1, -0.05) is 0 Å². The molecule has 0 aliphatic heterocycles. The minimum Gasteiger partial charge on any atom is -0.506 e. The van der Waals surface area contributed by atoms with Crippen molar-refractivity contribution >= 4 is 5.97 Å². The molecule has 2 aromatic rings. The van der Waals surface area contributed by atoms with Gasteiger partial charge in [-0.05, 0) is 30.3 Å². The lowest BCUT2D eigenvalue weighted by Gasteiger charge is -2.06. The minimum atomic E-state index is -0.773. The maximum atomic E-state index is 13.4. The van der Waals surface area contributed by atoms with Crippen LogP contribution in [0, 0.1) is 5.82 Å². The fourth-order valence-electron chi connectivity index (χ4n) is 1.56. The second-order valence-electron chi connectivity index (χ2n) is 3.56. The number of aromatic hydroxyl groups is 1. The van der Waals surface area contributed by atoms with E-state index in [1.54, 1.807) is 6.07 Å². The van der Waals surface area contributed by atoms with Gasteiger partial charge < -0.3 is 9.84 Å². The third-order valence-corrected chi connectivity index (χ3v) is 2.43. The van der Waals surface area contributed by atoms with Crippen LogP contribution in [-0.2, 0) is 4.74 Å². The molecule has 0 aliphatic carbocycles. The fraction of sp³-hybridized carbons (Fsp3) is 0.0769. The van der Waals surface area contributed by atoms with Gasteiger partial charge in [0.15, 0.2) is 0 Å². The number of ether oxygens (including phenoxy) is 1. The number of hydrogen-bond donors (Lipinski definition) is 1. The average molecular weight is 247 g/mol. The van der Waals surface area contributed by atoms with Crippen LogP contribution in [0.15, 0.2) is 36.5 Å². The Kier molecular flexibility index (Phi) is 3.23. The Bertz CT molecular complexity index is 599. The topological polar surface area (TPSA) is 59.4 Å². The third-order valence-electron chi connectivity index (χ3n) is 2.43. The summed E-state index contributed by atoms with van der Waals surface area (Å²) in [5, 5.41) is 9.65. The number of hydrogen-bond acceptors (Lipinski definition) is 4. The van der Waals surface area contributed by atoms with Crippen LogP contribution in [0.2, 0.25) is 0 Å². The number of nitrogens with zero attached hydrogens (tertiary/aromatic N) is 1. The summed E-state index contributed by atoms with van der Waals surface area (Å²) < 4.78 is 17.9. The molecule has 0 spiro atoms. The molecule has 1 aromatic carbocycles. The van der Waals surface area contributed by atoms with Crippen LogP contribution in [-0.4, -0.2) is 23.2 Å². The first-order chi connectivity index (χ1) is 8.63. The van der Waals surface area contributed by atoms with Crippen LogP contribution >= 0.6 is 0 Å². The highest BCUT2D eigenvalue weighted by Crippen LogP contribution is 2.27. The van der Waals surface area contributed by atoms with Gasteiger partial charge in [0.25, 0.3) is 0 Å². The smallest absolute Gasteiger partial charge is 0.340 e. The summed E-state index contributed by atoms with van der Waals surface area (Å²) in [6.45, 7) is 0. The van der Waals surface area contributed by atoms with Crippen LogP contribution < -0.4 is 0 Å². The Balaban J connectivity index is 2.54. The molecule has 0 amide bonds. The second-order valence-corrected chi connectivity index (χ2v) is 3.56. The molecule has 0 fully saturated rings. The number of aromatic nitrogens is 1. The van der Waals surface area contributed by atoms with Crippen LogP contribution in [0.1, 0.15) is 10.4 Å². The first kappa shape index (κ1) is 12.0. The third kappa shape index (κ3) is 2.15. The van der Waals surface area contributed by atoms with Crippen LogP contribution in [0.3, 0.4) is 0 Å². The zero-order valence-corrected chi connectivity index (χ0v) is 9.55. The molecule has 0 atom stereocenters. The van der Waals surface area contributed by atoms with Crippen LogP contribution in [0.25, 0.3) is 11.3 Å². The molecule has 1 heterocycles. The van der Waals surface area contributed by atoms with E-state index in [4.69, 9.17) is 0 Å². The van der Waals surface area contributed by atoms with Gasteiger partial charge in [0, 0.05) is 11.8 Å². The highest BCUT2D eigenvalue weighted by atomic mass is 19.1. The van der Waals surface area contributed by atoms with Gasteiger partial charge in [0.1, 0.15) is 17.3 Å². The van der Waals surface area contributed by atoms with E-state index in [0.29, 0.717) is 5.56 Å². The zero-order chi connectivity index (χ0) is 13.1. The number of carbonyl (C=O) groups excluding carboxylic acids is 1. The molecule has 2 rings (SSSR count). The van der Waals surface area contributed by atoms with E-state index < -0.39 is 11.8 Å². The van der Waals surface area contributed by atoms with Crippen molar-refractivity contribution in [3.8, 4) is 17.0 Å². The number of rotatable bonds is 2. The van der Waals surface area contributed by atoms with Crippen molar-refractivity contribution in [2.45, 2.75) is 0 Å². The van der Waals surface area contributed by atoms with Crippen molar-refractivity contribution in [2.24, 2.45) is 0 Å². The largest absolute Gasteiger partial charge is 0.506 e. The molecule has 0 saturated heterocycles. The molecule has 92 valence electrons. The summed E-state index contributed by atoms with van der Waals surface area (Å²) in [4.78, 5) is 15.3.